The standard InChI is InChI=1S/C3H7NOS.C2H6O.CH3NOS.Na.H/c1-4(2)3(5)6;1-2-3;2-1(3)4;;/h1-2H3,(H,5,6);3H,2H2,1H3;(H3,2,3,4);;/q;;;+1;-1. The van der Waals surface area contributed by atoms with E-state index in [1.54, 1.807) is 21.0 Å². The molecule has 0 bridgehead atoms. The average molecular weight is 252 g/mol. The van der Waals surface area contributed by atoms with Gasteiger partial charge in [0.25, 0.3) is 10.5 Å². The second-order valence-corrected chi connectivity index (χ2v) is 2.65. The maximum Gasteiger partial charge on any atom is 1.00 e. The van der Waals surface area contributed by atoms with Crippen molar-refractivity contribution in [2.45, 2.75) is 6.92 Å². The zero-order valence-electron chi connectivity index (χ0n) is 9.89. The van der Waals surface area contributed by atoms with E-state index in [1.165, 1.54) is 4.90 Å². The number of hydrogen-bond donors (Lipinski definition) is 4. The van der Waals surface area contributed by atoms with Gasteiger partial charge in [-0.05, 0) is 6.92 Å². The van der Waals surface area contributed by atoms with Gasteiger partial charge in [-0.1, -0.05) is 25.3 Å². The molecule has 0 aliphatic heterocycles. The molecule has 3 N–H and O–H groups in total. The molecule has 0 atom stereocenters. The summed E-state index contributed by atoms with van der Waals surface area (Å²) in [5.74, 6) is 0. The Kier molecular flexibility index (Phi) is 33.0. The molecule has 82 valence electrons. The second kappa shape index (κ2) is 19.2. The molecule has 0 radical (unpaired) electrons. The second-order valence-electron chi connectivity index (χ2n) is 1.83. The number of carbonyl (C=O) groups is 2. The normalized spacial score (nSPS) is 6.43. The summed E-state index contributed by atoms with van der Waals surface area (Å²) in [6, 6.07) is 0. The number of thiol groups is 2. The minimum Gasteiger partial charge on any atom is -1.00 e. The average Bonchev–Trinajstić information content (AvgIpc) is 1.87. The summed E-state index contributed by atoms with van der Waals surface area (Å²) in [5.41, 5.74) is 4.34. The van der Waals surface area contributed by atoms with Gasteiger partial charge < -0.3 is 17.2 Å². The van der Waals surface area contributed by atoms with Gasteiger partial charge in [0.1, 0.15) is 0 Å². The van der Waals surface area contributed by atoms with Crippen LogP contribution in [0.4, 0.5) is 9.59 Å². The third-order valence-electron chi connectivity index (χ3n) is 0.383. The van der Waals surface area contributed by atoms with Crippen LogP contribution in [0.5, 0.6) is 0 Å². The van der Waals surface area contributed by atoms with Crippen molar-refractivity contribution in [3.8, 4) is 0 Å². The Morgan fingerprint density at radius 3 is 1.50 bits per heavy atom. The molecule has 0 aromatic carbocycles. The number of amides is 2. The number of nitrogens with zero attached hydrogens (tertiary/aromatic N) is 1. The maximum absolute atomic E-state index is 9.93. The van der Waals surface area contributed by atoms with Crippen LogP contribution >= 0.6 is 25.3 Å². The van der Waals surface area contributed by atoms with E-state index in [0.29, 0.717) is 0 Å². The van der Waals surface area contributed by atoms with Gasteiger partial charge in [0, 0.05) is 20.7 Å². The molecular formula is C6H17N2NaO3S2. The molecular weight excluding hydrogens is 235 g/mol. The van der Waals surface area contributed by atoms with Crippen molar-refractivity contribution < 1.29 is 45.7 Å². The molecule has 0 rings (SSSR count). The first-order valence-electron chi connectivity index (χ1n) is 3.29. The molecule has 0 heterocycles. The third kappa shape index (κ3) is 80.1. The molecule has 0 spiro atoms. The fourth-order valence-electron chi connectivity index (χ4n) is 0. The van der Waals surface area contributed by atoms with Gasteiger partial charge in [-0.25, -0.2) is 0 Å². The molecule has 0 aliphatic rings. The number of primary amides is 1. The van der Waals surface area contributed by atoms with E-state index < -0.39 is 5.24 Å². The summed E-state index contributed by atoms with van der Waals surface area (Å²) in [5, 5.41) is 6.72. The minimum absolute atomic E-state index is 0. The summed E-state index contributed by atoms with van der Waals surface area (Å²) in [6.07, 6.45) is 0. The predicted octanol–water partition coefficient (Wildman–Crippen LogP) is -2.29. The van der Waals surface area contributed by atoms with E-state index >= 15 is 0 Å². The number of carbonyl (C=O) groups excluding carboxylic acids is 2. The van der Waals surface area contributed by atoms with E-state index in [2.05, 4.69) is 31.0 Å². The van der Waals surface area contributed by atoms with Crippen molar-refractivity contribution in [3.05, 3.63) is 0 Å². The van der Waals surface area contributed by atoms with E-state index in [-0.39, 0.29) is 42.8 Å². The SMILES string of the molecule is CCO.CN(C)C(=O)S.NC(=O)S.[H-].[Na+]. The molecule has 0 saturated carbocycles. The predicted molar refractivity (Wildman–Crippen MR) is 60.5 cm³/mol. The number of nitrogens with two attached hydrogens (primary N) is 1. The largest absolute Gasteiger partial charge is 1.00 e. The molecule has 8 heteroatoms. The smallest absolute Gasteiger partial charge is 1.00 e. The van der Waals surface area contributed by atoms with Gasteiger partial charge in [0.2, 0.25) is 0 Å². The molecule has 0 saturated heterocycles. The van der Waals surface area contributed by atoms with Crippen LogP contribution in [0.15, 0.2) is 0 Å². The zero-order valence-corrected chi connectivity index (χ0v) is 12.7. The van der Waals surface area contributed by atoms with E-state index in [0.717, 1.165) is 0 Å². The van der Waals surface area contributed by atoms with E-state index in [1.807, 2.05) is 0 Å². The first-order chi connectivity index (χ1) is 5.79. The zero-order chi connectivity index (χ0) is 11.4. The third-order valence-corrected chi connectivity index (χ3v) is 0.783. The van der Waals surface area contributed by atoms with Crippen molar-refractivity contribution >= 4 is 35.7 Å². The van der Waals surface area contributed by atoms with Crippen molar-refractivity contribution in [3.63, 3.8) is 0 Å². The number of aliphatic hydroxyl groups excluding tert-OH is 1. The Morgan fingerprint density at radius 1 is 1.43 bits per heavy atom. The fourth-order valence-corrected chi connectivity index (χ4v) is 0. The molecule has 0 fully saturated rings. The quantitative estimate of drug-likeness (QED) is 0.289. The summed E-state index contributed by atoms with van der Waals surface area (Å²) in [6.45, 7) is 1.93. The first-order valence-corrected chi connectivity index (χ1v) is 4.18. The maximum atomic E-state index is 9.93. The Morgan fingerprint density at radius 2 is 1.50 bits per heavy atom. The van der Waals surface area contributed by atoms with Crippen LogP contribution in [0.25, 0.3) is 0 Å². The monoisotopic (exact) mass is 252 g/mol. The van der Waals surface area contributed by atoms with Crippen molar-refractivity contribution in [1.29, 1.82) is 0 Å². The van der Waals surface area contributed by atoms with Crippen molar-refractivity contribution in [1.82, 2.24) is 4.90 Å². The van der Waals surface area contributed by atoms with Crippen LogP contribution in [-0.4, -0.2) is 41.2 Å². The van der Waals surface area contributed by atoms with Crippen LogP contribution < -0.4 is 35.3 Å². The molecule has 14 heavy (non-hydrogen) atoms. The summed E-state index contributed by atoms with van der Waals surface area (Å²) in [4.78, 5) is 20.4. The Labute approximate surface area is 119 Å². The van der Waals surface area contributed by atoms with Crippen LogP contribution in [0.3, 0.4) is 0 Å². The van der Waals surface area contributed by atoms with Gasteiger partial charge in [-0.2, -0.15) is 0 Å². The van der Waals surface area contributed by atoms with Gasteiger partial charge in [-0.3, -0.25) is 9.59 Å². The summed E-state index contributed by atoms with van der Waals surface area (Å²) in [7, 11) is 3.30. The molecule has 5 nitrogen and oxygen atoms in total. The molecule has 0 aromatic heterocycles. The fraction of sp³-hybridized carbons (Fsp3) is 0.667. The van der Waals surface area contributed by atoms with E-state index in [4.69, 9.17) is 9.90 Å². The van der Waals surface area contributed by atoms with Crippen molar-refractivity contribution in [2.75, 3.05) is 20.7 Å². The van der Waals surface area contributed by atoms with Gasteiger partial charge in [0.05, 0.1) is 0 Å². The van der Waals surface area contributed by atoms with Crippen LogP contribution in [0.1, 0.15) is 8.35 Å². The number of hydrogen-bond acceptors (Lipinski definition) is 3. The number of aliphatic hydroxyl groups is 1. The Hall–Kier alpha value is 0.600. The first kappa shape index (κ1) is 24.0. The van der Waals surface area contributed by atoms with Gasteiger partial charge in [0.15, 0.2) is 0 Å². The summed E-state index contributed by atoms with van der Waals surface area (Å²) >= 11 is 6.58. The van der Waals surface area contributed by atoms with Crippen LogP contribution in [-0.2, 0) is 0 Å². The van der Waals surface area contributed by atoms with Crippen molar-refractivity contribution in [2.24, 2.45) is 5.73 Å². The molecule has 2 amide bonds. The summed E-state index contributed by atoms with van der Waals surface area (Å²) < 4.78 is 0. The van der Waals surface area contributed by atoms with Gasteiger partial charge >= 0.3 is 29.6 Å². The van der Waals surface area contributed by atoms with Crippen LogP contribution in [0, 0.1) is 0 Å². The number of rotatable bonds is 0. The topological polar surface area (TPSA) is 83.6 Å². The molecule has 0 aliphatic carbocycles. The van der Waals surface area contributed by atoms with E-state index in [9.17, 15) is 4.79 Å². The molecule has 0 aromatic rings. The molecule has 0 unspecified atom stereocenters. The van der Waals surface area contributed by atoms with Gasteiger partial charge in [-0.15, -0.1) is 0 Å². The van der Waals surface area contributed by atoms with Crippen LogP contribution in [0.2, 0.25) is 0 Å². The minimum atomic E-state index is -0.639. The Bertz CT molecular complexity index is 148. The Balaban J connectivity index is -0.0000000332.